The average Bonchev–Trinajstić information content (AvgIpc) is 2.50. The lowest BCUT2D eigenvalue weighted by Gasteiger charge is -2.21. The summed E-state index contributed by atoms with van der Waals surface area (Å²) in [5.74, 6) is 0.891. The topological polar surface area (TPSA) is 35.2 Å². The van der Waals surface area contributed by atoms with E-state index in [0.717, 1.165) is 36.3 Å². The number of fused-ring (bicyclic) bond motifs is 1. The zero-order valence-electron chi connectivity index (χ0n) is 11.3. The second kappa shape index (κ2) is 6.98. The van der Waals surface area contributed by atoms with Crippen molar-refractivity contribution in [2.45, 2.75) is 12.8 Å². The third-order valence-corrected chi connectivity index (χ3v) is 3.81. The van der Waals surface area contributed by atoms with E-state index in [-0.39, 0.29) is 0 Å². The van der Waals surface area contributed by atoms with Crippen LogP contribution in [0.25, 0.3) is 11.1 Å². The lowest BCUT2D eigenvalue weighted by molar-refractivity contribution is 0.289. The predicted octanol–water partition coefficient (Wildman–Crippen LogP) is 4.56. The number of hydrogen-bond donors (Lipinski definition) is 1. The summed E-state index contributed by atoms with van der Waals surface area (Å²) in [5, 5.41) is 1.38. The molecule has 1 aliphatic rings. The Morgan fingerprint density at radius 3 is 2.50 bits per heavy atom. The molecule has 0 saturated carbocycles. The molecule has 106 valence electrons. The zero-order valence-corrected chi connectivity index (χ0v) is 12.8. The van der Waals surface area contributed by atoms with Crippen LogP contribution in [0.1, 0.15) is 12.0 Å². The Morgan fingerprint density at radius 1 is 1.00 bits per heavy atom. The molecule has 0 saturated heterocycles. The standard InChI is InChI=1S/C15H12Cl2O.CH5N/c16-12-6-2-1-5-11(12)14-13(17)8-7-10-4-3-9-18-15(10)14;1-2/h1-2,5-8H,3-4,9H2;2H2,1H3. The molecule has 0 amide bonds. The highest BCUT2D eigenvalue weighted by molar-refractivity contribution is 6.36. The van der Waals surface area contributed by atoms with Gasteiger partial charge in [-0.3, -0.25) is 0 Å². The summed E-state index contributed by atoms with van der Waals surface area (Å²) in [7, 11) is 1.50. The molecule has 0 aromatic heterocycles. The maximum Gasteiger partial charge on any atom is 0.131 e. The van der Waals surface area contributed by atoms with Gasteiger partial charge in [0.15, 0.2) is 0 Å². The van der Waals surface area contributed by atoms with Gasteiger partial charge in [-0.1, -0.05) is 47.5 Å². The Hall–Kier alpha value is -1.22. The highest BCUT2D eigenvalue weighted by Gasteiger charge is 2.19. The van der Waals surface area contributed by atoms with Crippen LogP contribution in [-0.2, 0) is 6.42 Å². The number of hydrogen-bond acceptors (Lipinski definition) is 2. The molecule has 0 aliphatic carbocycles. The molecule has 0 fully saturated rings. The van der Waals surface area contributed by atoms with E-state index in [9.17, 15) is 0 Å². The summed E-state index contributed by atoms with van der Waals surface area (Å²) < 4.78 is 5.80. The lowest BCUT2D eigenvalue weighted by Crippen LogP contribution is -2.09. The third kappa shape index (κ3) is 2.93. The van der Waals surface area contributed by atoms with Crippen LogP contribution in [0, 0.1) is 0 Å². The Morgan fingerprint density at radius 2 is 1.75 bits per heavy atom. The van der Waals surface area contributed by atoms with Crippen molar-refractivity contribution in [1.82, 2.24) is 0 Å². The van der Waals surface area contributed by atoms with Crippen molar-refractivity contribution in [3.63, 3.8) is 0 Å². The highest BCUT2D eigenvalue weighted by Crippen LogP contribution is 2.43. The number of ether oxygens (including phenoxy) is 1. The zero-order chi connectivity index (χ0) is 14.5. The Kier molecular flexibility index (Phi) is 5.30. The van der Waals surface area contributed by atoms with E-state index in [2.05, 4.69) is 5.73 Å². The van der Waals surface area contributed by atoms with Gasteiger partial charge in [0.25, 0.3) is 0 Å². The van der Waals surface area contributed by atoms with E-state index in [1.54, 1.807) is 0 Å². The summed E-state index contributed by atoms with van der Waals surface area (Å²) in [6.45, 7) is 0.741. The van der Waals surface area contributed by atoms with E-state index < -0.39 is 0 Å². The third-order valence-electron chi connectivity index (χ3n) is 3.17. The highest BCUT2D eigenvalue weighted by atomic mass is 35.5. The maximum absolute atomic E-state index is 6.33. The Bertz CT molecular complexity index is 599. The molecule has 1 aliphatic heterocycles. The first-order chi connectivity index (χ1) is 9.77. The van der Waals surface area contributed by atoms with Crippen molar-refractivity contribution in [1.29, 1.82) is 0 Å². The first-order valence-corrected chi connectivity index (χ1v) is 7.30. The first-order valence-electron chi connectivity index (χ1n) is 6.54. The number of nitrogens with two attached hydrogens (primary N) is 1. The van der Waals surface area contributed by atoms with Crippen LogP contribution < -0.4 is 10.5 Å². The van der Waals surface area contributed by atoms with Gasteiger partial charge in [-0.2, -0.15) is 0 Å². The number of halogens is 2. The Balaban J connectivity index is 0.000000704. The Labute approximate surface area is 129 Å². The van der Waals surface area contributed by atoms with Crippen LogP contribution in [0.15, 0.2) is 36.4 Å². The molecular weight excluding hydrogens is 293 g/mol. The average molecular weight is 310 g/mol. The quantitative estimate of drug-likeness (QED) is 0.838. The summed E-state index contributed by atoms with van der Waals surface area (Å²) in [6.07, 6.45) is 2.08. The summed E-state index contributed by atoms with van der Waals surface area (Å²) >= 11 is 12.6. The molecule has 0 spiro atoms. The van der Waals surface area contributed by atoms with Crippen LogP contribution in [-0.4, -0.2) is 13.7 Å². The van der Waals surface area contributed by atoms with E-state index in [4.69, 9.17) is 27.9 Å². The van der Waals surface area contributed by atoms with Crippen LogP contribution in [0.4, 0.5) is 0 Å². The van der Waals surface area contributed by atoms with Crippen molar-refractivity contribution in [2.24, 2.45) is 5.73 Å². The van der Waals surface area contributed by atoms with Crippen LogP contribution in [0.2, 0.25) is 10.0 Å². The van der Waals surface area contributed by atoms with Gasteiger partial charge in [0.2, 0.25) is 0 Å². The second-order valence-electron chi connectivity index (χ2n) is 4.34. The molecule has 0 unspecified atom stereocenters. The van der Waals surface area contributed by atoms with E-state index >= 15 is 0 Å². The predicted molar refractivity (Wildman–Crippen MR) is 85.8 cm³/mol. The first kappa shape index (κ1) is 15.2. The minimum Gasteiger partial charge on any atom is -0.493 e. The molecule has 2 N–H and O–H groups in total. The fraction of sp³-hybridized carbons (Fsp3) is 0.250. The van der Waals surface area contributed by atoms with Gasteiger partial charge < -0.3 is 10.5 Å². The molecule has 2 aromatic rings. The van der Waals surface area contributed by atoms with Gasteiger partial charge in [-0.05, 0) is 37.6 Å². The monoisotopic (exact) mass is 309 g/mol. The van der Waals surface area contributed by atoms with Crippen LogP contribution in [0.3, 0.4) is 0 Å². The van der Waals surface area contributed by atoms with Gasteiger partial charge >= 0.3 is 0 Å². The van der Waals surface area contributed by atoms with Crippen molar-refractivity contribution in [3.05, 3.63) is 52.0 Å². The lowest BCUT2D eigenvalue weighted by atomic mass is 9.97. The van der Waals surface area contributed by atoms with Gasteiger partial charge in [0, 0.05) is 16.1 Å². The van der Waals surface area contributed by atoms with Crippen molar-refractivity contribution >= 4 is 23.2 Å². The summed E-state index contributed by atoms with van der Waals surface area (Å²) in [4.78, 5) is 0. The molecule has 1 heterocycles. The van der Waals surface area contributed by atoms with E-state index in [1.165, 1.54) is 12.6 Å². The normalized spacial score (nSPS) is 12.8. The van der Waals surface area contributed by atoms with E-state index in [0.29, 0.717) is 10.0 Å². The SMILES string of the molecule is CN.Clc1ccccc1-c1c(Cl)ccc2c1OCCC2. The molecule has 0 bridgehead atoms. The van der Waals surface area contributed by atoms with Crippen molar-refractivity contribution in [2.75, 3.05) is 13.7 Å². The van der Waals surface area contributed by atoms with Crippen molar-refractivity contribution in [3.8, 4) is 16.9 Å². The van der Waals surface area contributed by atoms with Gasteiger partial charge in [-0.15, -0.1) is 0 Å². The molecule has 4 heteroatoms. The van der Waals surface area contributed by atoms with Crippen LogP contribution in [0.5, 0.6) is 5.75 Å². The molecular formula is C16H17Cl2NO. The summed E-state index contributed by atoms with van der Waals surface area (Å²) in [5.41, 5.74) is 7.56. The smallest absolute Gasteiger partial charge is 0.131 e. The van der Waals surface area contributed by atoms with Gasteiger partial charge in [-0.25, -0.2) is 0 Å². The maximum atomic E-state index is 6.33. The molecule has 20 heavy (non-hydrogen) atoms. The summed E-state index contributed by atoms with van der Waals surface area (Å²) in [6, 6.07) is 11.7. The van der Waals surface area contributed by atoms with Gasteiger partial charge in [0.1, 0.15) is 5.75 Å². The molecule has 2 nitrogen and oxygen atoms in total. The number of aryl methyl sites for hydroxylation is 1. The van der Waals surface area contributed by atoms with Gasteiger partial charge in [0.05, 0.1) is 11.6 Å². The molecule has 2 aromatic carbocycles. The minimum atomic E-state index is 0.684. The largest absolute Gasteiger partial charge is 0.493 e. The molecule has 0 radical (unpaired) electrons. The number of benzene rings is 2. The van der Waals surface area contributed by atoms with E-state index in [1.807, 2.05) is 36.4 Å². The molecule has 0 atom stereocenters. The minimum absolute atomic E-state index is 0.684. The van der Waals surface area contributed by atoms with Crippen molar-refractivity contribution < 1.29 is 4.74 Å². The number of rotatable bonds is 1. The second-order valence-corrected chi connectivity index (χ2v) is 5.16. The molecule has 3 rings (SSSR count). The van der Waals surface area contributed by atoms with Crippen LogP contribution >= 0.6 is 23.2 Å². The fourth-order valence-corrected chi connectivity index (χ4v) is 2.80. The fourth-order valence-electron chi connectivity index (χ4n) is 2.32.